The van der Waals surface area contributed by atoms with Gasteiger partial charge < -0.3 is 20.1 Å². The number of aromatic nitrogens is 2. The van der Waals surface area contributed by atoms with Crippen molar-refractivity contribution >= 4 is 11.7 Å². The minimum absolute atomic E-state index is 0.00921. The van der Waals surface area contributed by atoms with Gasteiger partial charge in [-0.25, -0.2) is 4.68 Å². The van der Waals surface area contributed by atoms with Crippen LogP contribution in [0, 0.1) is 5.41 Å². The molecule has 3 heterocycles. The summed E-state index contributed by atoms with van der Waals surface area (Å²) < 4.78 is 12.8. The summed E-state index contributed by atoms with van der Waals surface area (Å²) >= 11 is 0. The molecule has 0 fully saturated rings. The molecule has 2 aliphatic rings. The summed E-state index contributed by atoms with van der Waals surface area (Å²) in [4.78, 5) is 13.2. The maximum Gasteiger partial charge on any atom is 0.256 e. The van der Waals surface area contributed by atoms with Crippen LogP contribution in [-0.4, -0.2) is 22.5 Å². The van der Waals surface area contributed by atoms with E-state index in [2.05, 4.69) is 67.7 Å². The Morgan fingerprint density at radius 3 is 2.59 bits per heavy atom. The molecule has 0 radical (unpaired) electrons. The highest BCUT2D eigenvalue weighted by molar-refractivity contribution is 5.98. The van der Waals surface area contributed by atoms with Gasteiger partial charge in [0.1, 0.15) is 11.4 Å². The zero-order valence-corrected chi connectivity index (χ0v) is 20.2. The van der Waals surface area contributed by atoms with Crippen LogP contribution in [-0.2, 0) is 13.0 Å². The zero-order chi connectivity index (χ0) is 23.9. The van der Waals surface area contributed by atoms with Gasteiger partial charge in [-0.2, -0.15) is 5.10 Å². The van der Waals surface area contributed by atoms with E-state index in [-0.39, 0.29) is 30.2 Å². The van der Waals surface area contributed by atoms with Crippen molar-refractivity contribution in [3.05, 3.63) is 70.9 Å². The lowest BCUT2D eigenvalue weighted by Crippen LogP contribution is -2.35. The number of carbonyl (C=O) groups is 1. The van der Waals surface area contributed by atoms with Crippen LogP contribution < -0.4 is 20.1 Å². The number of hydrogen-bond donors (Lipinski definition) is 2. The number of nitrogens with one attached hydrogen (secondary N) is 2. The summed E-state index contributed by atoms with van der Waals surface area (Å²) in [6, 6.07) is 14.8. The fraction of sp³-hybridized carbons (Fsp3) is 0.407. The first kappa shape index (κ1) is 22.3. The third-order valence-corrected chi connectivity index (χ3v) is 6.79. The Balaban J connectivity index is 1.38. The predicted octanol–water partition coefficient (Wildman–Crippen LogP) is 5.25. The van der Waals surface area contributed by atoms with Crippen molar-refractivity contribution < 1.29 is 14.3 Å². The first-order valence-electron chi connectivity index (χ1n) is 11.9. The van der Waals surface area contributed by atoms with Crippen molar-refractivity contribution in [1.82, 2.24) is 15.1 Å². The summed E-state index contributed by atoms with van der Waals surface area (Å²) in [6.45, 7) is 9.47. The Morgan fingerprint density at radius 1 is 1.12 bits per heavy atom. The second kappa shape index (κ2) is 8.70. The van der Waals surface area contributed by atoms with Gasteiger partial charge in [0, 0.05) is 6.54 Å². The van der Waals surface area contributed by atoms with Crippen LogP contribution >= 0.6 is 0 Å². The molecule has 178 valence electrons. The van der Waals surface area contributed by atoms with Gasteiger partial charge in [-0.15, -0.1) is 0 Å². The number of benzene rings is 2. The van der Waals surface area contributed by atoms with Gasteiger partial charge in [-0.3, -0.25) is 4.79 Å². The van der Waals surface area contributed by atoms with Gasteiger partial charge in [0.15, 0.2) is 11.5 Å². The number of amides is 1. The fourth-order valence-electron chi connectivity index (χ4n) is 4.71. The standard InChI is InChI=1S/C27H32N4O3/c1-5-17-6-9-19(10-7-17)21-13-24(27(2,3)4)31-25(30-21)20(15-29-31)26(32)28-14-18-8-11-22-23(12-18)34-16-33-22/h6-12,15,21,24,30H,5,13-14,16H2,1-4H3,(H,28,32)/t21-,24+/m0/s1. The third-order valence-electron chi connectivity index (χ3n) is 6.79. The highest BCUT2D eigenvalue weighted by Crippen LogP contribution is 2.44. The largest absolute Gasteiger partial charge is 0.454 e. The molecule has 2 atom stereocenters. The highest BCUT2D eigenvalue weighted by Gasteiger charge is 2.37. The normalized spacial score (nSPS) is 18.8. The van der Waals surface area contributed by atoms with E-state index in [0.717, 1.165) is 30.0 Å². The average Bonchev–Trinajstić information content (AvgIpc) is 3.48. The Labute approximate surface area is 200 Å². The molecule has 7 heteroatoms. The molecule has 0 unspecified atom stereocenters. The van der Waals surface area contributed by atoms with Crippen LogP contribution in [0.15, 0.2) is 48.7 Å². The van der Waals surface area contributed by atoms with Gasteiger partial charge >= 0.3 is 0 Å². The summed E-state index contributed by atoms with van der Waals surface area (Å²) in [5.41, 5.74) is 4.05. The summed E-state index contributed by atoms with van der Waals surface area (Å²) in [7, 11) is 0. The summed E-state index contributed by atoms with van der Waals surface area (Å²) in [5.74, 6) is 2.07. The first-order valence-corrected chi connectivity index (χ1v) is 11.9. The number of aryl methyl sites for hydroxylation is 1. The molecule has 2 aromatic carbocycles. The quantitative estimate of drug-likeness (QED) is 0.544. The van der Waals surface area contributed by atoms with Crippen LogP contribution in [0.3, 0.4) is 0 Å². The van der Waals surface area contributed by atoms with E-state index in [1.54, 1.807) is 6.20 Å². The van der Waals surface area contributed by atoms with Crippen molar-refractivity contribution in [3.8, 4) is 11.5 Å². The second-order valence-corrected chi connectivity index (χ2v) is 10.1. The van der Waals surface area contributed by atoms with Gasteiger partial charge in [-0.1, -0.05) is 58.0 Å². The van der Waals surface area contributed by atoms with Crippen LogP contribution in [0.25, 0.3) is 0 Å². The predicted molar refractivity (Wildman–Crippen MR) is 131 cm³/mol. The SMILES string of the molecule is CCc1ccc([C@@H]2C[C@H](C(C)(C)C)n3ncc(C(=O)NCc4ccc5c(c4)OCO5)c3N2)cc1. The minimum Gasteiger partial charge on any atom is -0.454 e. The molecule has 0 bridgehead atoms. The lowest BCUT2D eigenvalue weighted by molar-refractivity contribution is 0.0950. The molecule has 7 nitrogen and oxygen atoms in total. The number of carbonyl (C=O) groups excluding carboxylic acids is 1. The molecule has 1 amide bonds. The van der Waals surface area contributed by atoms with E-state index in [0.29, 0.717) is 17.9 Å². The van der Waals surface area contributed by atoms with Crippen LogP contribution in [0.5, 0.6) is 11.5 Å². The number of ether oxygens (including phenoxy) is 2. The highest BCUT2D eigenvalue weighted by atomic mass is 16.7. The fourth-order valence-corrected chi connectivity index (χ4v) is 4.71. The number of fused-ring (bicyclic) bond motifs is 2. The summed E-state index contributed by atoms with van der Waals surface area (Å²) in [6.07, 6.45) is 3.60. The molecule has 2 aliphatic heterocycles. The molecule has 5 rings (SSSR count). The number of rotatable bonds is 5. The molecule has 0 saturated carbocycles. The number of hydrogen-bond acceptors (Lipinski definition) is 5. The lowest BCUT2D eigenvalue weighted by atomic mass is 9.80. The van der Waals surface area contributed by atoms with E-state index in [1.165, 1.54) is 11.1 Å². The van der Waals surface area contributed by atoms with Crippen molar-refractivity contribution in [3.63, 3.8) is 0 Å². The molecule has 3 aromatic rings. The van der Waals surface area contributed by atoms with Gasteiger partial charge in [0.2, 0.25) is 6.79 Å². The molecular formula is C27H32N4O3. The number of nitrogens with zero attached hydrogens (tertiary/aromatic N) is 2. The number of anilines is 1. The van der Waals surface area contributed by atoms with Crippen molar-refractivity contribution in [2.75, 3.05) is 12.1 Å². The van der Waals surface area contributed by atoms with Crippen LogP contribution in [0.1, 0.15) is 73.2 Å². The topological polar surface area (TPSA) is 77.4 Å². The molecule has 34 heavy (non-hydrogen) atoms. The Kier molecular flexibility index (Phi) is 5.71. The zero-order valence-electron chi connectivity index (χ0n) is 20.2. The van der Waals surface area contributed by atoms with E-state index in [1.807, 2.05) is 22.9 Å². The van der Waals surface area contributed by atoms with E-state index in [4.69, 9.17) is 9.47 Å². The summed E-state index contributed by atoms with van der Waals surface area (Å²) in [5, 5.41) is 11.3. The monoisotopic (exact) mass is 460 g/mol. The molecule has 2 N–H and O–H groups in total. The van der Waals surface area contributed by atoms with Crippen LogP contribution in [0.4, 0.5) is 5.82 Å². The Hall–Kier alpha value is -3.48. The smallest absolute Gasteiger partial charge is 0.256 e. The maximum absolute atomic E-state index is 13.2. The Bertz CT molecular complexity index is 1190. The lowest BCUT2D eigenvalue weighted by Gasteiger charge is -2.39. The average molecular weight is 461 g/mol. The van der Waals surface area contributed by atoms with Gasteiger partial charge in [0.05, 0.1) is 18.3 Å². The minimum atomic E-state index is -0.152. The molecular weight excluding hydrogens is 428 g/mol. The van der Waals surface area contributed by atoms with E-state index < -0.39 is 0 Å². The second-order valence-electron chi connectivity index (χ2n) is 10.1. The van der Waals surface area contributed by atoms with E-state index in [9.17, 15) is 4.79 Å². The van der Waals surface area contributed by atoms with Gasteiger partial charge in [0.25, 0.3) is 5.91 Å². The first-order chi connectivity index (χ1) is 16.3. The van der Waals surface area contributed by atoms with Crippen molar-refractivity contribution in [1.29, 1.82) is 0 Å². The van der Waals surface area contributed by atoms with Crippen molar-refractivity contribution in [2.45, 2.75) is 59.2 Å². The Morgan fingerprint density at radius 2 is 1.85 bits per heavy atom. The molecule has 0 aliphatic carbocycles. The van der Waals surface area contributed by atoms with E-state index >= 15 is 0 Å². The maximum atomic E-state index is 13.2. The van der Waals surface area contributed by atoms with Gasteiger partial charge in [-0.05, 0) is 47.1 Å². The molecule has 0 spiro atoms. The molecule has 1 aromatic heterocycles. The third kappa shape index (κ3) is 4.22. The molecule has 0 saturated heterocycles. The van der Waals surface area contributed by atoms with Crippen molar-refractivity contribution in [2.24, 2.45) is 5.41 Å². The van der Waals surface area contributed by atoms with Crippen LogP contribution in [0.2, 0.25) is 0 Å².